The van der Waals surface area contributed by atoms with Gasteiger partial charge < -0.3 is 5.32 Å². The fourth-order valence-electron chi connectivity index (χ4n) is 3.87. The zero-order valence-electron chi connectivity index (χ0n) is 11.7. The third-order valence-corrected chi connectivity index (χ3v) is 5.35. The van der Waals surface area contributed by atoms with Crippen LogP contribution in [0, 0.1) is 12.3 Å². The molecule has 1 aromatic heterocycles. The highest BCUT2D eigenvalue weighted by molar-refractivity contribution is 6.31. The fraction of sp³-hybridized carbons (Fsp3) is 0.688. The predicted octanol–water partition coefficient (Wildman–Crippen LogP) is 4.96. The molecule has 2 aliphatic rings. The van der Waals surface area contributed by atoms with E-state index in [1.54, 1.807) is 0 Å². The van der Waals surface area contributed by atoms with Crippen molar-refractivity contribution in [3.63, 3.8) is 0 Å². The molecule has 2 fully saturated rings. The average molecular weight is 279 g/mol. The Labute approximate surface area is 121 Å². The van der Waals surface area contributed by atoms with Gasteiger partial charge in [-0.3, -0.25) is 0 Å². The second kappa shape index (κ2) is 5.32. The van der Waals surface area contributed by atoms with Gasteiger partial charge in [0, 0.05) is 12.2 Å². The maximum atomic E-state index is 6.16. The van der Waals surface area contributed by atoms with Crippen LogP contribution in [0.3, 0.4) is 0 Å². The SMILES string of the molecule is Cc1cnc(Cl)c(NC2CCC3(CCCC3)CC2)c1. The van der Waals surface area contributed by atoms with Crippen LogP contribution in [0.25, 0.3) is 0 Å². The molecule has 0 radical (unpaired) electrons. The highest BCUT2D eigenvalue weighted by Crippen LogP contribution is 2.49. The van der Waals surface area contributed by atoms with Crippen LogP contribution in [-0.4, -0.2) is 11.0 Å². The van der Waals surface area contributed by atoms with Crippen molar-refractivity contribution in [1.82, 2.24) is 4.98 Å². The molecule has 2 aliphatic carbocycles. The number of pyridine rings is 1. The van der Waals surface area contributed by atoms with Crippen molar-refractivity contribution < 1.29 is 0 Å². The van der Waals surface area contributed by atoms with E-state index in [0.29, 0.717) is 16.6 Å². The first-order chi connectivity index (χ1) is 9.17. The van der Waals surface area contributed by atoms with Gasteiger partial charge >= 0.3 is 0 Å². The number of nitrogens with zero attached hydrogens (tertiary/aromatic N) is 1. The van der Waals surface area contributed by atoms with E-state index in [4.69, 9.17) is 11.6 Å². The smallest absolute Gasteiger partial charge is 0.152 e. The maximum Gasteiger partial charge on any atom is 0.152 e. The standard InChI is InChI=1S/C16H23ClN2/c1-12-10-14(15(17)18-11-12)19-13-4-8-16(9-5-13)6-2-3-7-16/h10-11,13,19H,2-9H2,1H3. The number of aryl methyl sites for hydroxylation is 1. The lowest BCUT2D eigenvalue weighted by Gasteiger charge is -2.38. The van der Waals surface area contributed by atoms with Gasteiger partial charge in [0.05, 0.1) is 5.69 Å². The lowest BCUT2D eigenvalue weighted by Crippen LogP contribution is -2.31. The third-order valence-electron chi connectivity index (χ3n) is 5.05. The molecule has 0 aliphatic heterocycles. The molecule has 1 heterocycles. The molecule has 0 unspecified atom stereocenters. The minimum absolute atomic E-state index is 0.576. The van der Waals surface area contributed by atoms with Gasteiger partial charge in [0.15, 0.2) is 5.15 Å². The Morgan fingerprint density at radius 1 is 1.21 bits per heavy atom. The molecule has 0 amide bonds. The summed E-state index contributed by atoms with van der Waals surface area (Å²) < 4.78 is 0. The number of nitrogens with one attached hydrogen (secondary N) is 1. The van der Waals surface area contributed by atoms with E-state index in [1.165, 1.54) is 51.4 Å². The highest BCUT2D eigenvalue weighted by atomic mass is 35.5. The largest absolute Gasteiger partial charge is 0.380 e. The van der Waals surface area contributed by atoms with E-state index in [0.717, 1.165) is 11.3 Å². The third kappa shape index (κ3) is 2.89. The van der Waals surface area contributed by atoms with Crippen LogP contribution in [-0.2, 0) is 0 Å². The number of hydrogen-bond acceptors (Lipinski definition) is 2. The quantitative estimate of drug-likeness (QED) is 0.774. The molecule has 0 aromatic carbocycles. The van der Waals surface area contributed by atoms with E-state index in [-0.39, 0.29) is 0 Å². The summed E-state index contributed by atoms with van der Waals surface area (Å²) in [5, 5.41) is 4.21. The van der Waals surface area contributed by atoms with Crippen molar-refractivity contribution in [1.29, 1.82) is 0 Å². The topological polar surface area (TPSA) is 24.9 Å². The van der Waals surface area contributed by atoms with Crippen molar-refractivity contribution in [2.24, 2.45) is 5.41 Å². The molecule has 3 rings (SSSR count). The van der Waals surface area contributed by atoms with Crippen molar-refractivity contribution >= 4 is 17.3 Å². The number of aromatic nitrogens is 1. The number of hydrogen-bond donors (Lipinski definition) is 1. The second-order valence-corrected chi connectivity index (χ2v) is 6.83. The molecule has 0 bridgehead atoms. The molecule has 1 N–H and O–H groups in total. The molecule has 1 aromatic rings. The Morgan fingerprint density at radius 3 is 2.58 bits per heavy atom. The Balaban J connectivity index is 1.61. The fourth-order valence-corrected chi connectivity index (χ4v) is 4.03. The van der Waals surface area contributed by atoms with Crippen LogP contribution in [0.15, 0.2) is 12.3 Å². The monoisotopic (exact) mass is 278 g/mol. The van der Waals surface area contributed by atoms with Gasteiger partial charge in [0.2, 0.25) is 0 Å². The van der Waals surface area contributed by atoms with Crippen molar-refractivity contribution in [3.8, 4) is 0 Å². The Kier molecular flexibility index (Phi) is 3.70. The first-order valence-electron chi connectivity index (χ1n) is 7.56. The molecular weight excluding hydrogens is 256 g/mol. The van der Waals surface area contributed by atoms with Crippen LogP contribution in [0.5, 0.6) is 0 Å². The normalized spacial score (nSPS) is 22.8. The van der Waals surface area contributed by atoms with E-state index >= 15 is 0 Å². The van der Waals surface area contributed by atoms with Gasteiger partial charge in [0.25, 0.3) is 0 Å². The van der Waals surface area contributed by atoms with Gasteiger partial charge in [-0.05, 0) is 62.5 Å². The first kappa shape index (κ1) is 13.2. The summed E-state index contributed by atoms with van der Waals surface area (Å²) in [6, 6.07) is 2.68. The predicted molar refractivity (Wildman–Crippen MR) is 80.8 cm³/mol. The number of anilines is 1. The Hall–Kier alpha value is -0.760. The minimum atomic E-state index is 0.576. The van der Waals surface area contributed by atoms with Crippen LogP contribution in [0.2, 0.25) is 5.15 Å². The number of rotatable bonds is 2. The molecule has 0 atom stereocenters. The van der Waals surface area contributed by atoms with Gasteiger partial charge in [0.1, 0.15) is 0 Å². The molecule has 19 heavy (non-hydrogen) atoms. The van der Waals surface area contributed by atoms with Gasteiger partial charge in [-0.2, -0.15) is 0 Å². The van der Waals surface area contributed by atoms with E-state index in [1.807, 2.05) is 6.20 Å². The second-order valence-electron chi connectivity index (χ2n) is 6.48. The summed E-state index contributed by atoms with van der Waals surface area (Å²) >= 11 is 6.16. The lowest BCUT2D eigenvalue weighted by atomic mass is 9.71. The molecule has 1 spiro atoms. The zero-order valence-corrected chi connectivity index (χ0v) is 12.5. The minimum Gasteiger partial charge on any atom is -0.380 e. The summed E-state index contributed by atoms with van der Waals surface area (Å²) in [5.41, 5.74) is 2.87. The van der Waals surface area contributed by atoms with Crippen LogP contribution in [0.1, 0.15) is 56.9 Å². The number of halogens is 1. The molecular formula is C16H23ClN2. The Bertz CT molecular complexity index is 442. The van der Waals surface area contributed by atoms with Crippen molar-refractivity contribution in [2.75, 3.05) is 5.32 Å². The van der Waals surface area contributed by atoms with Crippen LogP contribution < -0.4 is 5.32 Å². The highest BCUT2D eigenvalue weighted by Gasteiger charge is 2.37. The van der Waals surface area contributed by atoms with Crippen molar-refractivity contribution in [3.05, 3.63) is 23.0 Å². The average Bonchev–Trinajstić information content (AvgIpc) is 2.85. The van der Waals surface area contributed by atoms with Gasteiger partial charge in [-0.25, -0.2) is 4.98 Å². The van der Waals surface area contributed by atoms with E-state index in [2.05, 4.69) is 23.3 Å². The molecule has 3 heteroatoms. The van der Waals surface area contributed by atoms with Gasteiger partial charge in [-0.15, -0.1) is 0 Å². The van der Waals surface area contributed by atoms with E-state index < -0.39 is 0 Å². The molecule has 0 saturated heterocycles. The Morgan fingerprint density at radius 2 is 1.89 bits per heavy atom. The van der Waals surface area contributed by atoms with Crippen LogP contribution >= 0.6 is 11.6 Å². The summed E-state index contributed by atoms with van der Waals surface area (Å²) in [7, 11) is 0. The zero-order chi connectivity index (χ0) is 13.3. The molecule has 2 nitrogen and oxygen atoms in total. The summed E-state index contributed by atoms with van der Waals surface area (Å²) in [6.45, 7) is 2.06. The summed E-state index contributed by atoms with van der Waals surface area (Å²) in [6.07, 6.45) is 13.0. The van der Waals surface area contributed by atoms with Gasteiger partial charge in [-0.1, -0.05) is 24.4 Å². The maximum absolute atomic E-state index is 6.16. The first-order valence-corrected chi connectivity index (χ1v) is 7.93. The molecule has 104 valence electrons. The summed E-state index contributed by atoms with van der Waals surface area (Å²) in [4.78, 5) is 4.22. The lowest BCUT2D eigenvalue weighted by molar-refractivity contribution is 0.188. The van der Waals surface area contributed by atoms with E-state index in [9.17, 15) is 0 Å². The van der Waals surface area contributed by atoms with Crippen molar-refractivity contribution in [2.45, 2.75) is 64.3 Å². The molecule has 2 saturated carbocycles. The van der Waals surface area contributed by atoms with Crippen LogP contribution in [0.4, 0.5) is 5.69 Å². The summed E-state index contributed by atoms with van der Waals surface area (Å²) in [5.74, 6) is 0.